The van der Waals surface area contributed by atoms with Gasteiger partial charge in [0.2, 0.25) is 0 Å². The van der Waals surface area contributed by atoms with Crippen LogP contribution in [0.3, 0.4) is 0 Å². The van der Waals surface area contributed by atoms with Crippen LogP contribution in [0.15, 0.2) is 122 Å². The molecule has 4 aromatic carbocycles. The molecule has 0 fully saturated rings. The summed E-state index contributed by atoms with van der Waals surface area (Å²) in [6.45, 7) is 0. The number of hydrogen-bond donors (Lipinski definition) is 0. The van der Waals surface area contributed by atoms with Crippen LogP contribution in [-0.2, 0) is 6.42 Å². The van der Waals surface area contributed by atoms with Gasteiger partial charge >= 0.3 is 0 Å². The van der Waals surface area contributed by atoms with Crippen LogP contribution in [0, 0.1) is 0 Å². The summed E-state index contributed by atoms with van der Waals surface area (Å²) in [5.74, 6) is 0. The van der Waals surface area contributed by atoms with Gasteiger partial charge in [0.25, 0.3) is 0 Å². The van der Waals surface area contributed by atoms with Crippen molar-refractivity contribution in [1.29, 1.82) is 0 Å². The van der Waals surface area contributed by atoms with Crippen molar-refractivity contribution in [3.63, 3.8) is 0 Å². The largest absolute Gasteiger partial charge is 0.309 e. The monoisotopic (exact) mass is 478 g/mol. The lowest BCUT2D eigenvalue weighted by atomic mass is 9.98. The maximum absolute atomic E-state index is 4.43. The Hall–Kier alpha value is -5.10. The van der Waals surface area contributed by atoms with Crippen LogP contribution in [0.5, 0.6) is 0 Å². The minimum atomic E-state index is 0.706. The van der Waals surface area contributed by atoms with Crippen molar-refractivity contribution in [3.05, 3.63) is 133 Å². The molecular weight excluding hydrogens is 456 g/mol. The molecule has 0 N–H and O–H groups in total. The van der Waals surface area contributed by atoms with Gasteiger partial charge in [-0.05, 0) is 59.2 Å². The van der Waals surface area contributed by atoms with Gasteiger partial charge in [0.15, 0.2) is 0 Å². The smallest absolute Gasteiger partial charge is 0.123 e. The lowest BCUT2D eigenvalue weighted by molar-refractivity contribution is 1.01. The molecule has 37 heavy (non-hydrogen) atoms. The molecule has 0 atom stereocenters. The van der Waals surface area contributed by atoms with Crippen LogP contribution >= 0.6 is 0 Å². The number of hydrogen-bond acceptors (Lipinski definition) is 4. The quantitative estimate of drug-likeness (QED) is 0.287. The summed E-state index contributed by atoms with van der Waals surface area (Å²) < 4.78 is 4.28. The molecule has 0 aliphatic rings. The van der Waals surface area contributed by atoms with Crippen LogP contribution < -0.4 is 0 Å². The van der Waals surface area contributed by atoms with E-state index in [1.54, 1.807) is 25.2 Å². The van der Waals surface area contributed by atoms with E-state index in [-0.39, 0.29) is 0 Å². The van der Waals surface area contributed by atoms with Crippen LogP contribution in [0.4, 0.5) is 0 Å². The molecule has 0 amide bonds. The van der Waals surface area contributed by atoms with E-state index in [1.165, 1.54) is 21.8 Å². The second-order valence-corrected chi connectivity index (χ2v) is 9.05. The van der Waals surface area contributed by atoms with Gasteiger partial charge in [-0.3, -0.25) is 4.57 Å². The normalized spacial score (nSPS) is 11.4. The van der Waals surface area contributed by atoms with Gasteiger partial charge < -0.3 is 4.57 Å². The second-order valence-electron chi connectivity index (χ2n) is 9.05. The molecule has 0 bridgehead atoms. The Morgan fingerprint density at radius 2 is 1.43 bits per heavy atom. The Balaban J connectivity index is 1.43. The van der Waals surface area contributed by atoms with Crippen LogP contribution in [0.25, 0.3) is 44.3 Å². The first kappa shape index (κ1) is 21.2. The van der Waals surface area contributed by atoms with E-state index < -0.39 is 0 Å². The first-order valence-corrected chi connectivity index (χ1v) is 12.2. The minimum absolute atomic E-state index is 0.706. The molecule has 7 aromatic rings. The summed E-state index contributed by atoms with van der Waals surface area (Å²) in [7, 11) is 0. The average Bonchev–Trinajstić information content (AvgIpc) is 3.61. The fourth-order valence-corrected chi connectivity index (χ4v) is 5.06. The highest BCUT2D eigenvalue weighted by Crippen LogP contribution is 2.35. The molecule has 0 saturated carbocycles. The van der Waals surface area contributed by atoms with Gasteiger partial charge in [-0.2, -0.15) is 0 Å². The van der Waals surface area contributed by atoms with Gasteiger partial charge in [-0.15, -0.1) is 10.2 Å². The van der Waals surface area contributed by atoms with Crippen molar-refractivity contribution in [2.24, 2.45) is 0 Å². The van der Waals surface area contributed by atoms with Crippen LogP contribution in [-0.4, -0.2) is 29.3 Å². The number of para-hydroxylation sites is 2. The number of nitrogens with zero attached hydrogens (tertiary/aromatic N) is 6. The standard InChI is InChI=1S/C31H22N6/c1-2-6-26(7-3-1)37-30-9-5-4-8-28(30)29-11-10-23(18-31(29)37)24-14-22(15-25-12-13-32-19-33-25)16-27(17-24)36-20-34-35-21-36/h1-14,16-21H,15H2. The zero-order valence-electron chi connectivity index (χ0n) is 19.9. The average molecular weight is 479 g/mol. The molecular formula is C31H22N6. The third kappa shape index (κ3) is 3.85. The lowest BCUT2D eigenvalue weighted by Crippen LogP contribution is -1.98. The minimum Gasteiger partial charge on any atom is -0.309 e. The van der Waals surface area contributed by atoms with Crippen molar-refractivity contribution in [3.8, 4) is 22.5 Å². The summed E-state index contributed by atoms with van der Waals surface area (Å²) in [6, 6.07) is 34.4. The topological polar surface area (TPSA) is 61.4 Å². The highest BCUT2D eigenvalue weighted by Gasteiger charge is 2.14. The Morgan fingerprint density at radius 3 is 2.27 bits per heavy atom. The van der Waals surface area contributed by atoms with Crippen molar-refractivity contribution in [2.45, 2.75) is 6.42 Å². The molecule has 7 rings (SSSR count). The third-order valence-electron chi connectivity index (χ3n) is 6.74. The summed E-state index contributed by atoms with van der Waals surface area (Å²) >= 11 is 0. The van der Waals surface area contributed by atoms with Crippen LogP contribution in [0.2, 0.25) is 0 Å². The SMILES string of the molecule is c1ccc(-n2c3ccccc3c3ccc(-c4cc(Cc5ccncn5)cc(-n5cnnc5)c4)cc32)cc1. The summed E-state index contributed by atoms with van der Waals surface area (Å²) in [5.41, 5.74) is 8.93. The molecule has 176 valence electrons. The molecule has 0 saturated heterocycles. The van der Waals surface area contributed by atoms with Gasteiger partial charge in [0, 0.05) is 40.5 Å². The van der Waals surface area contributed by atoms with Gasteiger partial charge in [0.1, 0.15) is 19.0 Å². The molecule has 6 heteroatoms. The first-order valence-electron chi connectivity index (χ1n) is 12.2. The maximum atomic E-state index is 4.43. The van der Waals surface area contributed by atoms with Gasteiger partial charge in [0.05, 0.1) is 11.0 Å². The molecule has 0 spiro atoms. The molecule has 0 aliphatic heterocycles. The zero-order valence-corrected chi connectivity index (χ0v) is 19.9. The summed E-state index contributed by atoms with van der Waals surface area (Å²) in [5, 5.41) is 10.5. The molecule has 3 heterocycles. The van der Waals surface area contributed by atoms with Crippen molar-refractivity contribution < 1.29 is 0 Å². The fraction of sp³-hybridized carbons (Fsp3) is 0.0323. The third-order valence-corrected chi connectivity index (χ3v) is 6.74. The highest BCUT2D eigenvalue weighted by atomic mass is 15.2. The predicted octanol–water partition coefficient (Wildman–Crippen LogP) is 6.41. The molecule has 0 unspecified atom stereocenters. The fourth-order valence-electron chi connectivity index (χ4n) is 5.06. The van der Waals surface area contributed by atoms with E-state index in [1.807, 2.05) is 10.6 Å². The van der Waals surface area contributed by atoms with E-state index in [0.29, 0.717) is 6.42 Å². The maximum Gasteiger partial charge on any atom is 0.123 e. The van der Waals surface area contributed by atoms with Crippen molar-refractivity contribution in [2.75, 3.05) is 0 Å². The van der Waals surface area contributed by atoms with Crippen LogP contribution in [0.1, 0.15) is 11.3 Å². The van der Waals surface area contributed by atoms with Gasteiger partial charge in [-0.1, -0.05) is 54.6 Å². The Kier molecular flexibility index (Phi) is 5.07. The van der Waals surface area contributed by atoms with E-state index in [0.717, 1.165) is 33.8 Å². The lowest BCUT2D eigenvalue weighted by Gasteiger charge is -2.12. The number of benzene rings is 4. The van der Waals surface area contributed by atoms with Crippen molar-refractivity contribution >= 4 is 21.8 Å². The Morgan fingerprint density at radius 1 is 0.622 bits per heavy atom. The molecule has 0 aliphatic carbocycles. The van der Waals surface area contributed by atoms with Crippen molar-refractivity contribution in [1.82, 2.24) is 29.3 Å². The first-order chi connectivity index (χ1) is 18.3. The number of rotatable bonds is 5. The number of aromatic nitrogens is 6. The Bertz CT molecular complexity index is 1840. The molecule has 0 radical (unpaired) electrons. The zero-order chi connectivity index (χ0) is 24.6. The van der Waals surface area contributed by atoms with E-state index in [2.05, 4.69) is 116 Å². The van der Waals surface area contributed by atoms with E-state index in [4.69, 9.17) is 0 Å². The summed E-state index contributed by atoms with van der Waals surface area (Å²) in [4.78, 5) is 8.49. The second kappa shape index (κ2) is 8.84. The van der Waals surface area contributed by atoms with E-state index in [9.17, 15) is 0 Å². The van der Waals surface area contributed by atoms with E-state index >= 15 is 0 Å². The summed E-state index contributed by atoms with van der Waals surface area (Å²) in [6.07, 6.45) is 7.53. The van der Waals surface area contributed by atoms with Gasteiger partial charge in [-0.25, -0.2) is 9.97 Å². The Labute approximate surface area is 213 Å². The molecule has 3 aromatic heterocycles. The molecule has 6 nitrogen and oxygen atoms in total. The highest BCUT2D eigenvalue weighted by molar-refractivity contribution is 6.10. The predicted molar refractivity (Wildman–Crippen MR) is 146 cm³/mol. The number of fused-ring (bicyclic) bond motifs is 3.